The molecule has 0 radical (unpaired) electrons. The Balaban J connectivity index is 2.14. The quantitative estimate of drug-likeness (QED) is 0.819. The first-order valence-corrected chi connectivity index (χ1v) is 8.09. The normalized spacial score (nSPS) is 11.0. The lowest BCUT2D eigenvalue weighted by molar-refractivity contribution is 0.592. The summed E-state index contributed by atoms with van der Waals surface area (Å²) in [6.07, 6.45) is 1.01. The first kappa shape index (κ1) is 15.6. The molecule has 1 aromatic heterocycles. The molecule has 1 aromatic carbocycles. The Morgan fingerprint density at radius 2 is 2.10 bits per heavy atom. The predicted molar refractivity (Wildman–Crippen MR) is 84.2 cm³/mol. The Morgan fingerprint density at radius 1 is 1.30 bits per heavy atom. The van der Waals surface area contributed by atoms with E-state index in [1.54, 1.807) is 17.8 Å². The molecular weight excluding hydrogens is 315 g/mol. The molecule has 0 saturated carbocycles. The molecule has 0 atom stereocenters. The van der Waals surface area contributed by atoms with E-state index < -0.39 is 0 Å². The van der Waals surface area contributed by atoms with Crippen molar-refractivity contribution in [1.82, 2.24) is 14.8 Å². The molecule has 1 heterocycles. The van der Waals surface area contributed by atoms with Crippen LogP contribution in [0.1, 0.15) is 24.7 Å². The van der Waals surface area contributed by atoms with Gasteiger partial charge in [-0.15, -0.1) is 10.2 Å². The van der Waals surface area contributed by atoms with Crippen molar-refractivity contribution in [3.63, 3.8) is 0 Å². The predicted octanol–water partition coefficient (Wildman–Crippen LogP) is 3.75. The Kier molecular flexibility index (Phi) is 5.72. The van der Waals surface area contributed by atoms with E-state index in [2.05, 4.69) is 21.7 Å². The van der Waals surface area contributed by atoms with Gasteiger partial charge in [0.1, 0.15) is 5.82 Å². The molecular formula is C13H16Cl2N4S. The summed E-state index contributed by atoms with van der Waals surface area (Å²) >= 11 is 13.8. The fourth-order valence-electron chi connectivity index (χ4n) is 1.83. The molecule has 2 N–H and O–H groups in total. The first-order valence-electron chi connectivity index (χ1n) is 6.35. The molecule has 0 aliphatic rings. The molecule has 0 spiro atoms. The van der Waals surface area contributed by atoms with Crippen LogP contribution in [-0.4, -0.2) is 14.8 Å². The second-order valence-corrected chi connectivity index (χ2v) is 5.98. The van der Waals surface area contributed by atoms with Gasteiger partial charge in [0.25, 0.3) is 0 Å². The van der Waals surface area contributed by atoms with Crippen LogP contribution in [0, 0.1) is 0 Å². The molecule has 2 rings (SSSR count). The third-order valence-corrected chi connectivity index (χ3v) is 4.69. The van der Waals surface area contributed by atoms with Crippen LogP contribution < -0.4 is 5.73 Å². The van der Waals surface area contributed by atoms with Gasteiger partial charge in [-0.2, -0.15) is 0 Å². The van der Waals surface area contributed by atoms with Crippen molar-refractivity contribution in [3.05, 3.63) is 39.6 Å². The van der Waals surface area contributed by atoms with Crippen LogP contribution in [0.3, 0.4) is 0 Å². The van der Waals surface area contributed by atoms with Crippen LogP contribution in [0.15, 0.2) is 23.4 Å². The van der Waals surface area contributed by atoms with Gasteiger partial charge in [0.15, 0.2) is 5.16 Å². The molecule has 0 aliphatic carbocycles. The highest BCUT2D eigenvalue weighted by Gasteiger charge is 2.12. The van der Waals surface area contributed by atoms with Crippen molar-refractivity contribution in [3.8, 4) is 0 Å². The molecule has 4 nitrogen and oxygen atoms in total. The van der Waals surface area contributed by atoms with Crippen LogP contribution in [0.5, 0.6) is 0 Å². The van der Waals surface area contributed by atoms with E-state index >= 15 is 0 Å². The smallest absolute Gasteiger partial charge is 0.191 e. The molecule has 2 aromatic rings. The Bertz CT molecular complexity index is 586. The van der Waals surface area contributed by atoms with Crippen molar-refractivity contribution in [1.29, 1.82) is 0 Å². The van der Waals surface area contributed by atoms with Crippen LogP contribution in [-0.2, 0) is 18.8 Å². The van der Waals surface area contributed by atoms with Crippen molar-refractivity contribution >= 4 is 35.0 Å². The first-order chi connectivity index (χ1) is 9.67. The van der Waals surface area contributed by atoms with Crippen LogP contribution >= 0.6 is 35.0 Å². The lowest BCUT2D eigenvalue weighted by Gasteiger charge is -2.08. The number of benzene rings is 1. The third kappa shape index (κ3) is 3.47. The van der Waals surface area contributed by atoms with E-state index in [1.807, 2.05) is 12.1 Å². The van der Waals surface area contributed by atoms with Gasteiger partial charge in [-0.25, -0.2) is 0 Å². The standard InChI is InChI=1S/C13H16Cl2N4S/c1-2-6-19-11(7-16)17-18-13(19)20-8-9-4-3-5-10(14)12(9)15/h3-5H,2,6-8,16H2,1H3. The van der Waals surface area contributed by atoms with E-state index in [4.69, 9.17) is 28.9 Å². The highest BCUT2D eigenvalue weighted by Crippen LogP contribution is 2.30. The monoisotopic (exact) mass is 330 g/mol. The fourth-order valence-corrected chi connectivity index (χ4v) is 3.27. The Hall–Kier alpha value is -0.750. The summed E-state index contributed by atoms with van der Waals surface area (Å²) < 4.78 is 2.06. The molecule has 0 bridgehead atoms. The van der Waals surface area contributed by atoms with E-state index in [1.165, 1.54) is 0 Å². The number of halogens is 2. The molecule has 0 fully saturated rings. The van der Waals surface area contributed by atoms with E-state index in [0.29, 0.717) is 22.3 Å². The number of thioether (sulfide) groups is 1. The third-order valence-electron chi connectivity index (χ3n) is 2.81. The summed E-state index contributed by atoms with van der Waals surface area (Å²) in [5.41, 5.74) is 6.66. The van der Waals surface area contributed by atoms with Crippen molar-refractivity contribution in [2.24, 2.45) is 5.73 Å². The van der Waals surface area contributed by atoms with Gasteiger partial charge < -0.3 is 10.3 Å². The largest absolute Gasteiger partial charge is 0.324 e. The summed E-state index contributed by atoms with van der Waals surface area (Å²) in [7, 11) is 0. The minimum atomic E-state index is 0.394. The molecule has 0 aliphatic heterocycles. The average molecular weight is 331 g/mol. The van der Waals surface area contributed by atoms with Gasteiger partial charge in [-0.3, -0.25) is 0 Å². The number of nitrogens with zero attached hydrogens (tertiary/aromatic N) is 3. The Morgan fingerprint density at radius 3 is 2.80 bits per heavy atom. The van der Waals surface area contributed by atoms with E-state index in [0.717, 1.165) is 29.5 Å². The van der Waals surface area contributed by atoms with E-state index in [-0.39, 0.29) is 0 Å². The molecule has 108 valence electrons. The molecule has 7 heteroatoms. The zero-order valence-electron chi connectivity index (χ0n) is 11.1. The van der Waals surface area contributed by atoms with Gasteiger partial charge in [-0.1, -0.05) is 54.0 Å². The lowest BCUT2D eigenvalue weighted by atomic mass is 10.2. The van der Waals surface area contributed by atoms with Gasteiger partial charge >= 0.3 is 0 Å². The summed E-state index contributed by atoms with van der Waals surface area (Å²) in [6.45, 7) is 3.37. The SMILES string of the molecule is CCCn1c(CN)nnc1SCc1cccc(Cl)c1Cl. The highest BCUT2D eigenvalue weighted by atomic mass is 35.5. The van der Waals surface area contributed by atoms with Crippen molar-refractivity contribution in [2.75, 3.05) is 0 Å². The maximum absolute atomic E-state index is 6.18. The maximum atomic E-state index is 6.18. The fraction of sp³-hybridized carbons (Fsp3) is 0.385. The van der Waals surface area contributed by atoms with Crippen molar-refractivity contribution < 1.29 is 0 Å². The molecule has 0 unspecified atom stereocenters. The topological polar surface area (TPSA) is 56.7 Å². The minimum absolute atomic E-state index is 0.394. The molecule has 20 heavy (non-hydrogen) atoms. The van der Waals surface area contributed by atoms with Gasteiger partial charge in [0.05, 0.1) is 16.6 Å². The summed E-state index contributed by atoms with van der Waals surface area (Å²) in [6, 6.07) is 5.64. The number of hydrogen-bond donors (Lipinski definition) is 1. The van der Waals surface area contributed by atoms with Gasteiger partial charge in [-0.05, 0) is 18.1 Å². The number of aromatic nitrogens is 3. The van der Waals surface area contributed by atoms with Crippen LogP contribution in [0.2, 0.25) is 10.0 Å². The molecule has 0 saturated heterocycles. The van der Waals surface area contributed by atoms with Crippen LogP contribution in [0.25, 0.3) is 0 Å². The highest BCUT2D eigenvalue weighted by molar-refractivity contribution is 7.98. The van der Waals surface area contributed by atoms with Gasteiger partial charge in [0, 0.05) is 12.3 Å². The van der Waals surface area contributed by atoms with E-state index in [9.17, 15) is 0 Å². The summed E-state index contributed by atoms with van der Waals surface area (Å²) in [4.78, 5) is 0. The van der Waals surface area contributed by atoms with Crippen molar-refractivity contribution in [2.45, 2.75) is 37.3 Å². The average Bonchev–Trinajstić information content (AvgIpc) is 2.83. The molecule has 0 amide bonds. The zero-order chi connectivity index (χ0) is 14.5. The number of hydrogen-bond acceptors (Lipinski definition) is 4. The second kappa shape index (κ2) is 7.31. The zero-order valence-corrected chi connectivity index (χ0v) is 13.5. The minimum Gasteiger partial charge on any atom is -0.324 e. The maximum Gasteiger partial charge on any atom is 0.191 e. The number of nitrogens with two attached hydrogens (primary N) is 1. The lowest BCUT2D eigenvalue weighted by Crippen LogP contribution is -2.09. The Labute approximate surface area is 132 Å². The van der Waals surface area contributed by atoms with Crippen LogP contribution in [0.4, 0.5) is 0 Å². The second-order valence-electron chi connectivity index (χ2n) is 4.26. The summed E-state index contributed by atoms with van der Waals surface area (Å²) in [5, 5.41) is 10.3. The van der Waals surface area contributed by atoms with Gasteiger partial charge in [0.2, 0.25) is 0 Å². The number of rotatable bonds is 6. The summed E-state index contributed by atoms with van der Waals surface area (Å²) in [5.74, 6) is 1.51.